The van der Waals surface area contributed by atoms with E-state index in [0.29, 0.717) is 5.02 Å². The fourth-order valence-electron chi connectivity index (χ4n) is 3.50. The van der Waals surface area contributed by atoms with Crippen LogP contribution < -0.4 is 5.32 Å². The van der Waals surface area contributed by atoms with Crippen molar-refractivity contribution in [3.8, 4) is 0 Å². The van der Waals surface area contributed by atoms with Crippen molar-refractivity contribution in [2.45, 2.75) is 43.4 Å². The molecule has 1 saturated carbocycles. The first-order valence-electron chi connectivity index (χ1n) is 7.63. The van der Waals surface area contributed by atoms with E-state index in [2.05, 4.69) is 10.2 Å². The summed E-state index contributed by atoms with van der Waals surface area (Å²) in [5, 5.41) is 4.27. The number of nitrogens with one attached hydrogen (secondary N) is 1. The minimum atomic E-state index is -0.300. The van der Waals surface area contributed by atoms with Crippen LogP contribution in [0.3, 0.4) is 0 Å². The number of halogens is 1. The third kappa shape index (κ3) is 2.26. The first kappa shape index (κ1) is 13.6. The van der Waals surface area contributed by atoms with Gasteiger partial charge in [-0.25, -0.2) is 0 Å². The molecule has 0 radical (unpaired) electrons. The second kappa shape index (κ2) is 4.97. The fraction of sp³-hybridized carbons (Fsp3) is 0.562. The quantitative estimate of drug-likeness (QED) is 0.913. The lowest BCUT2D eigenvalue weighted by Crippen LogP contribution is -2.43. The monoisotopic (exact) mass is 306 g/mol. The van der Waals surface area contributed by atoms with E-state index in [1.807, 2.05) is 24.3 Å². The zero-order valence-corrected chi connectivity index (χ0v) is 12.6. The number of carbonyl (C=O) groups excluding carboxylic acids is 1. The summed E-state index contributed by atoms with van der Waals surface area (Å²) in [6.45, 7) is 1.48. The highest BCUT2D eigenvalue weighted by atomic mass is 35.5. The molecule has 3 aliphatic rings. The first-order chi connectivity index (χ1) is 10.2. The molecule has 2 aliphatic heterocycles. The van der Waals surface area contributed by atoms with Crippen molar-refractivity contribution in [3.05, 3.63) is 34.9 Å². The number of amides is 1. The molecule has 3 fully saturated rings. The average Bonchev–Trinajstić information content (AvgIpc) is 3.22. The lowest BCUT2D eigenvalue weighted by molar-refractivity contribution is -0.135. The van der Waals surface area contributed by atoms with Crippen molar-refractivity contribution in [1.29, 1.82) is 0 Å². The summed E-state index contributed by atoms with van der Waals surface area (Å²) in [6.07, 6.45) is 3.67. The number of benzene rings is 1. The minimum Gasteiger partial charge on any atom is -0.381 e. The van der Waals surface area contributed by atoms with Crippen molar-refractivity contribution >= 4 is 17.5 Å². The molecule has 2 saturated heterocycles. The van der Waals surface area contributed by atoms with Gasteiger partial charge in [0.2, 0.25) is 5.91 Å². The van der Waals surface area contributed by atoms with Crippen LogP contribution in [-0.4, -0.2) is 35.6 Å². The van der Waals surface area contributed by atoms with Crippen molar-refractivity contribution < 1.29 is 9.53 Å². The molecule has 112 valence electrons. The van der Waals surface area contributed by atoms with Crippen molar-refractivity contribution in [2.75, 3.05) is 13.2 Å². The molecule has 1 unspecified atom stereocenters. The normalized spacial score (nSPS) is 28.3. The van der Waals surface area contributed by atoms with Gasteiger partial charge in [0.1, 0.15) is 11.7 Å². The summed E-state index contributed by atoms with van der Waals surface area (Å²) in [5.74, 6) is 0.263. The number of ether oxygens (including phenoxy) is 1. The molecule has 1 spiro atoms. The topological polar surface area (TPSA) is 41.6 Å². The van der Waals surface area contributed by atoms with E-state index in [1.54, 1.807) is 0 Å². The number of hydrogen-bond acceptors (Lipinski definition) is 3. The fourth-order valence-corrected chi connectivity index (χ4v) is 3.70. The van der Waals surface area contributed by atoms with Gasteiger partial charge in [0.15, 0.2) is 0 Å². The highest BCUT2D eigenvalue weighted by molar-refractivity contribution is 6.30. The van der Waals surface area contributed by atoms with Gasteiger partial charge < -0.3 is 9.64 Å². The Hall–Kier alpha value is -1.10. The Bertz CT molecular complexity index is 567. The summed E-state index contributed by atoms with van der Waals surface area (Å²) in [4.78, 5) is 14.9. The maximum atomic E-state index is 12.8. The van der Waals surface area contributed by atoms with Crippen LogP contribution >= 0.6 is 11.6 Å². The molecule has 1 aromatic rings. The van der Waals surface area contributed by atoms with E-state index in [-0.39, 0.29) is 23.7 Å². The molecule has 4 rings (SSSR count). The molecular weight excluding hydrogens is 288 g/mol. The van der Waals surface area contributed by atoms with Gasteiger partial charge in [-0.2, -0.15) is 0 Å². The molecule has 21 heavy (non-hydrogen) atoms. The Morgan fingerprint density at radius 1 is 1.29 bits per heavy atom. The van der Waals surface area contributed by atoms with Gasteiger partial charge >= 0.3 is 0 Å². The summed E-state index contributed by atoms with van der Waals surface area (Å²) < 4.78 is 5.44. The molecule has 1 aliphatic carbocycles. The van der Waals surface area contributed by atoms with E-state index in [4.69, 9.17) is 16.3 Å². The molecule has 1 amide bonds. The highest BCUT2D eigenvalue weighted by Crippen LogP contribution is 2.47. The zero-order chi connectivity index (χ0) is 14.4. The van der Waals surface area contributed by atoms with Gasteiger partial charge in [-0.3, -0.25) is 10.1 Å². The lowest BCUT2D eigenvalue weighted by atomic mass is 10.0. The SMILES string of the molecule is O=C1N(C2CCOCC2)C(c2cccc(Cl)c2)NC12CC2. The molecule has 1 N–H and O–H groups in total. The number of carbonyl (C=O) groups is 1. The van der Waals surface area contributed by atoms with E-state index in [9.17, 15) is 4.79 Å². The Morgan fingerprint density at radius 2 is 2.05 bits per heavy atom. The molecule has 0 bridgehead atoms. The summed E-state index contributed by atoms with van der Waals surface area (Å²) in [7, 11) is 0. The molecule has 5 heteroatoms. The third-order valence-electron chi connectivity index (χ3n) is 4.83. The molecule has 1 atom stereocenters. The average molecular weight is 307 g/mol. The second-order valence-electron chi connectivity index (χ2n) is 6.24. The lowest BCUT2D eigenvalue weighted by Gasteiger charge is -2.35. The van der Waals surface area contributed by atoms with Crippen LogP contribution in [-0.2, 0) is 9.53 Å². The predicted molar refractivity (Wildman–Crippen MR) is 80.0 cm³/mol. The Kier molecular flexibility index (Phi) is 3.21. The predicted octanol–water partition coefficient (Wildman–Crippen LogP) is 2.48. The van der Waals surface area contributed by atoms with Crippen LogP contribution in [0.1, 0.15) is 37.4 Å². The number of hydrogen-bond donors (Lipinski definition) is 1. The van der Waals surface area contributed by atoms with Gasteiger partial charge in [-0.05, 0) is 43.4 Å². The largest absolute Gasteiger partial charge is 0.381 e. The van der Waals surface area contributed by atoms with E-state index < -0.39 is 0 Å². The van der Waals surface area contributed by atoms with Gasteiger partial charge in [-0.1, -0.05) is 23.7 Å². The van der Waals surface area contributed by atoms with Crippen molar-refractivity contribution in [2.24, 2.45) is 0 Å². The van der Waals surface area contributed by atoms with Crippen LogP contribution in [0.5, 0.6) is 0 Å². The Balaban J connectivity index is 1.68. The molecule has 4 nitrogen and oxygen atoms in total. The third-order valence-corrected chi connectivity index (χ3v) is 5.07. The minimum absolute atomic E-state index is 0.0539. The van der Waals surface area contributed by atoms with Crippen LogP contribution in [0.2, 0.25) is 5.02 Å². The van der Waals surface area contributed by atoms with Crippen LogP contribution in [0.4, 0.5) is 0 Å². The van der Waals surface area contributed by atoms with E-state index in [1.165, 1.54) is 0 Å². The van der Waals surface area contributed by atoms with Crippen LogP contribution in [0, 0.1) is 0 Å². The standard InChI is InChI=1S/C16H19ClN2O2/c17-12-3-1-2-11(10-12)14-18-16(6-7-16)15(20)19(14)13-4-8-21-9-5-13/h1-3,10,13-14,18H,4-9H2. The summed E-state index contributed by atoms with van der Waals surface area (Å²) in [6, 6.07) is 8.09. The highest BCUT2D eigenvalue weighted by Gasteiger charge is 2.60. The number of rotatable bonds is 2. The number of nitrogens with zero attached hydrogens (tertiary/aromatic N) is 1. The van der Waals surface area contributed by atoms with Crippen molar-refractivity contribution in [1.82, 2.24) is 10.2 Å². The Morgan fingerprint density at radius 3 is 2.71 bits per heavy atom. The second-order valence-corrected chi connectivity index (χ2v) is 6.68. The van der Waals surface area contributed by atoms with E-state index >= 15 is 0 Å². The van der Waals surface area contributed by atoms with E-state index in [0.717, 1.165) is 44.5 Å². The Labute approximate surface area is 129 Å². The summed E-state index contributed by atoms with van der Waals surface area (Å²) in [5.41, 5.74) is 0.775. The smallest absolute Gasteiger partial charge is 0.244 e. The van der Waals surface area contributed by atoms with Gasteiger partial charge in [0.25, 0.3) is 0 Å². The zero-order valence-electron chi connectivity index (χ0n) is 11.8. The molecule has 2 heterocycles. The molecule has 1 aromatic carbocycles. The maximum Gasteiger partial charge on any atom is 0.244 e. The van der Waals surface area contributed by atoms with Gasteiger partial charge in [0, 0.05) is 24.3 Å². The maximum absolute atomic E-state index is 12.8. The van der Waals surface area contributed by atoms with Gasteiger partial charge in [0.05, 0.1) is 0 Å². The molecule has 0 aromatic heterocycles. The van der Waals surface area contributed by atoms with Crippen molar-refractivity contribution in [3.63, 3.8) is 0 Å². The van der Waals surface area contributed by atoms with Crippen LogP contribution in [0.15, 0.2) is 24.3 Å². The first-order valence-corrected chi connectivity index (χ1v) is 8.01. The van der Waals surface area contributed by atoms with Crippen LogP contribution in [0.25, 0.3) is 0 Å². The van der Waals surface area contributed by atoms with Gasteiger partial charge in [-0.15, -0.1) is 0 Å². The molecular formula is C16H19ClN2O2. The summed E-state index contributed by atoms with van der Waals surface area (Å²) >= 11 is 6.13.